The molecule has 168 valence electrons. The van der Waals surface area contributed by atoms with Crippen LogP contribution in [0.25, 0.3) is 21.1 Å². The van der Waals surface area contributed by atoms with Gasteiger partial charge in [-0.3, -0.25) is 9.59 Å². The van der Waals surface area contributed by atoms with E-state index in [1.165, 1.54) is 46.0 Å². The number of amides is 1. The first-order chi connectivity index (χ1) is 16.0. The zero-order valence-corrected chi connectivity index (χ0v) is 19.5. The molecule has 0 radical (unpaired) electrons. The second kappa shape index (κ2) is 10.5. The minimum absolute atomic E-state index is 0.167. The molecule has 9 heteroatoms. The molecule has 0 saturated heterocycles. The standard InChI is InChI=1S/C24H21FN4O2S2/c1-16-23(33-24(27-16)17-5-3-2-4-6-17)20-11-12-22(31)29(28-20)14-13-26-21(30)15-32-19-9-7-18(25)8-10-19/h2-12H,13-15H2,1H3,(H,26,30). The molecule has 0 fully saturated rings. The topological polar surface area (TPSA) is 76.9 Å². The van der Waals surface area contributed by atoms with Crippen molar-refractivity contribution in [1.82, 2.24) is 20.1 Å². The minimum atomic E-state index is -0.311. The summed E-state index contributed by atoms with van der Waals surface area (Å²) in [6, 6.07) is 19.1. The number of thiazole rings is 1. The fraction of sp³-hybridized carbons (Fsp3) is 0.167. The fourth-order valence-corrected chi connectivity index (χ4v) is 4.87. The van der Waals surface area contributed by atoms with Crippen molar-refractivity contribution in [2.75, 3.05) is 12.3 Å². The van der Waals surface area contributed by atoms with Crippen molar-refractivity contribution in [1.29, 1.82) is 0 Å². The van der Waals surface area contributed by atoms with E-state index in [-0.39, 0.29) is 36.1 Å². The number of thioether (sulfide) groups is 1. The van der Waals surface area contributed by atoms with Crippen molar-refractivity contribution in [3.63, 3.8) is 0 Å². The predicted octanol–water partition coefficient (Wildman–Crippen LogP) is 4.39. The summed E-state index contributed by atoms with van der Waals surface area (Å²) >= 11 is 2.85. The molecule has 2 aromatic heterocycles. The summed E-state index contributed by atoms with van der Waals surface area (Å²) in [6.45, 7) is 2.45. The largest absolute Gasteiger partial charge is 0.354 e. The monoisotopic (exact) mass is 480 g/mol. The van der Waals surface area contributed by atoms with Crippen molar-refractivity contribution in [3.05, 3.63) is 88.6 Å². The highest BCUT2D eigenvalue weighted by atomic mass is 32.2. The third-order valence-corrected chi connectivity index (χ3v) is 6.99. The van der Waals surface area contributed by atoms with E-state index in [0.29, 0.717) is 5.69 Å². The van der Waals surface area contributed by atoms with Gasteiger partial charge in [-0.1, -0.05) is 30.3 Å². The van der Waals surface area contributed by atoms with Crippen molar-refractivity contribution in [2.45, 2.75) is 18.4 Å². The third-order valence-electron chi connectivity index (χ3n) is 4.75. The summed E-state index contributed by atoms with van der Waals surface area (Å²) < 4.78 is 14.3. The Morgan fingerprint density at radius 2 is 1.85 bits per heavy atom. The van der Waals surface area contributed by atoms with Gasteiger partial charge in [-0.15, -0.1) is 23.1 Å². The van der Waals surface area contributed by atoms with Gasteiger partial charge < -0.3 is 5.32 Å². The minimum Gasteiger partial charge on any atom is -0.354 e. The Hall–Kier alpha value is -3.30. The average molecular weight is 481 g/mol. The highest BCUT2D eigenvalue weighted by molar-refractivity contribution is 8.00. The second-order valence-electron chi connectivity index (χ2n) is 7.17. The molecule has 33 heavy (non-hydrogen) atoms. The number of hydrogen-bond donors (Lipinski definition) is 1. The average Bonchev–Trinajstić information content (AvgIpc) is 3.22. The van der Waals surface area contributed by atoms with E-state index in [4.69, 9.17) is 0 Å². The molecule has 2 heterocycles. The maximum absolute atomic E-state index is 13.0. The summed E-state index contributed by atoms with van der Waals surface area (Å²) in [4.78, 5) is 30.8. The molecule has 4 aromatic rings. The molecule has 0 unspecified atom stereocenters. The first-order valence-corrected chi connectivity index (χ1v) is 12.1. The number of carbonyl (C=O) groups is 1. The van der Waals surface area contributed by atoms with Gasteiger partial charge in [0.2, 0.25) is 5.91 Å². The van der Waals surface area contributed by atoms with Gasteiger partial charge in [0.1, 0.15) is 16.5 Å². The SMILES string of the molecule is Cc1nc(-c2ccccc2)sc1-c1ccc(=O)n(CCNC(=O)CSc2ccc(F)cc2)n1. The number of halogens is 1. The Morgan fingerprint density at radius 3 is 2.61 bits per heavy atom. The third kappa shape index (κ3) is 5.94. The van der Waals surface area contributed by atoms with Gasteiger partial charge in [0.05, 0.1) is 22.9 Å². The van der Waals surface area contributed by atoms with Crippen LogP contribution in [0.5, 0.6) is 0 Å². The van der Waals surface area contributed by atoms with Crippen LogP contribution in [0.1, 0.15) is 5.69 Å². The van der Waals surface area contributed by atoms with E-state index >= 15 is 0 Å². The van der Waals surface area contributed by atoms with Gasteiger partial charge in [0, 0.05) is 23.1 Å². The van der Waals surface area contributed by atoms with E-state index in [0.717, 1.165) is 26.0 Å². The maximum atomic E-state index is 13.0. The van der Waals surface area contributed by atoms with Gasteiger partial charge in [-0.05, 0) is 37.3 Å². The lowest BCUT2D eigenvalue weighted by molar-refractivity contribution is -0.118. The Balaban J connectivity index is 1.38. The molecule has 0 spiro atoms. The first-order valence-electron chi connectivity index (χ1n) is 10.3. The number of carbonyl (C=O) groups excluding carboxylic acids is 1. The highest BCUT2D eigenvalue weighted by Crippen LogP contribution is 2.33. The van der Waals surface area contributed by atoms with E-state index in [2.05, 4.69) is 15.4 Å². The summed E-state index contributed by atoms with van der Waals surface area (Å²) in [6.07, 6.45) is 0. The number of aromatic nitrogens is 3. The summed E-state index contributed by atoms with van der Waals surface area (Å²) in [5.74, 6) is -0.274. The van der Waals surface area contributed by atoms with Crippen molar-refractivity contribution in [2.24, 2.45) is 0 Å². The van der Waals surface area contributed by atoms with Gasteiger partial charge in [0.15, 0.2) is 0 Å². The molecule has 6 nitrogen and oxygen atoms in total. The maximum Gasteiger partial charge on any atom is 0.266 e. The summed E-state index contributed by atoms with van der Waals surface area (Å²) in [5.41, 5.74) is 2.32. The normalized spacial score (nSPS) is 10.8. The van der Waals surface area contributed by atoms with Gasteiger partial charge in [0.25, 0.3) is 5.56 Å². The summed E-state index contributed by atoms with van der Waals surface area (Å²) in [5, 5.41) is 8.18. The Bertz CT molecular complexity index is 1300. The Labute approximate surface area is 198 Å². The van der Waals surface area contributed by atoms with Crippen molar-refractivity contribution >= 4 is 29.0 Å². The van der Waals surface area contributed by atoms with Crippen LogP contribution in [-0.4, -0.2) is 33.0 Å². The quantitative estimate of drug-likeness (QED) is 0.379. The van der Waals surface area contributed by atoms with Crippen LogP contribution in [0.15, 0.2) is 76.4 Å². The van der Waals surface area contributed by atoms with Gasteiger partial charge >= 0.3 is 0 Å². The molecule has 2 aromatic carbocycles. The second-order valence-corrected chi connectivity index (χ2v) is 9.22. The van der Waals surface area contributed by atoms with Crippen LogP contribution in [0.2, 0.25) is 0 Å². The van der Waals surface area contributed by atoms with E-state index in [1.807, 2.05) is 37.3 Å². The fourth-order valence-electron chi connectivity index (χ4n) is 3.10. The Kier molecular flexibility index (Phi) is 7.31. The van der Waals surface area contributed by atoms with Gasteiger partial charge in [-0.2, -0.15) is 5.10 Å². The zero-order valence-electron chi connectivity index (χ0n) is 17.8. The van der Waals surface area contributed by atoms with Gasteiger partial charge in [-0.25, -0.2) is 14.1 Å². The number of rotatable bonds is 8. The molecule has 0 aliphatic heterocycles. The molecular formula is C24H21FN4O2S2. The lowest BCUT2D eigenvalue weighted by Crippen LogP contribution is -2.32. The predicted molar refractivity (Wildman–Crippen MR) is 130 cm³/mol. The van der Waals surface area contributed by atoms with Crippen LogP contribution >= 0.6 is 23.1 Å². The number of hydrogen-bond acceptors (Lipinski definition) is 6. The molecule has 0 atom stereocenters. The van der Waals surface area contributed by atoms with E-state index in [1.54, 1.807) is 18.2 Å². The van der Waals surface area contributed by atoms with Crippen molar-refractivity contribution in [3.8, 4) is 21.1 Å². The number of nitrogens with one attached hydrogen (secondary N) is 1. The molecule has 1 amide bonds. The van der Waals surface area contributed by atoms with E-state index in [9.17, 15) is 14.0 Å². The molecule has 0 saturated carbocycles. The van der Waals surface area contributed by atoms with Crippen LogP contribution < -0.4 is 10.9 Å². The molecule has 0 aliphatic carbocycles. The molecule has 0 aliphatic rings. The van der Waals surface area contributed by atoms with Crippen LogP contribution in [0, 0.1) is 12.7 Å². The smallest absolute Gasteiger partial charge is 0.266 e. The zero-order chi connectivity index (χ0) is 23.2. The number of benzene rings is 2. The van der Waals surface area contributed by atoms with E-state index < -0.39 is 0 Å². The number of aryl methyl sites for hydroxylation is 1. The highest BCUT2D eigenvalue weighted by Gasteiger charge is 2.14. The number of nitrogens with zero attached hydrogens (tertiary/aromatic N) is 3. The van der Waals surface area contributed by atoms with Crippen LogP contribution in [0.4, 0.5) is 4.39 Å². The first kappa shape index (κ1) is 22.9. The lowest BCUT2D eigenvalue weighted by atomic mass is 10.2. The van der Waals surface area contributed by atoms with Crippen molar-refractivity contribution < 1.29 is 9.18 Å². The lowest BCUT2D eigenvalue weighted by Gasteiger charge is -2.08. The molecule has 1 N–H and O–H groups in total. The molecular weight excluding hydrogens is 459 g/mol. The van der Waals surface area contributed by atoms with Crippen LogP contribution in [-0.2, 0) is 11.3 Å². The summed E-state index contributed by atoms with van der Waals surface area (Å²) in [7, 11) is 0. The Morgan fingerprint density at radius 1 is 1.09 bits per heavy atom. The molecule has 4 rings (SSSR count). The van der Waals surface area contributed by atoms with Crippen LogP contribution in [0.3, 0.4) is 0 Å². The molecule has 0 bridgehead atoms.